The normalized spacial score (nSPS) is 27.9. The molecule has 0 radical (unpaired) electrons. The summed E-state index contributed by atoms with van der Waals surface area (Å²) in [7, 11) is 0. The van der Waals surface area contributed by atoms with Crippen LogP contribution in [0, 0.1) is 5.92 Å². The topological polar surface area (TPSA) is 75.4 Å². The van der Waals surface area contributed by atoms with E-state index in [-0.39, 0.29) is 29.7 Å². The predicted octanol–water partition coefficient (Wildman–Crippen LogP) is 1.31. The number of nitrogens with two attached hydrogens (primary N) is 1. The summed E-state index contributed by atoms with van der Waals surface area (Å²) in [5.74, 6) is -0.490. The molecule has 5 heteroatoms. The molecule has 2 aliphatic rings. The van der Waals surface area contributed by atoms with Crippen LogP contribution in [0.5, 0.6) is 0 Å². The van der Waals surface area contributed by atoms with Crippen LogP contribution in [0.2, 0.25) is 0 Å². The maximum absolute atomic E-state index is 12.8. The van der Waals surface area contributed by atoms with E-state index >= 15 is 0 Å². The fourth-order valence-corrected chi connectivity index (χ4v) is 3.38. The molecule has 0 spiro atoms. The van der Waals surface area contributed by atoms with Crippen molar-refractivity contribution in [3.63, 3.8) is 0 Å². The minimum atomic E-state index is -0.302. The van der Waals surface area contributed by atoms with E-state index in [9.17, 15) is 9.59 Å². The average molecular weight is 287 g/mol. The fraction of sp³-hybridized carbons (Fsp3) is 0.500. The summed E-state index contributed by atoms with van der Waals surface area (Å²) in [6, 6.07) is 8.24. The van der Waals surface area contributed by atoms with Crippen LogP contribution in [0.15, 0.2) is 24.3 Å². The summed E-state index contributed by atoms with van der Waals surface area (Å²) >= 11 is 0. The summed E-state index contributed by atoms with van der Waals surface area (Å²) in [5.41, 5.74) is 7.45. The Balaban J connectivity index is 1.81. The van der Waals surface area contributed by atoms with Crippen LogP contribution in [0.1, 0.15) is 31.2 Å². The Hall–Kier alpha value is -2.04. The number of hydrogen-bond acceptors (Lipinski definition) is 3. The van der Waals surface area contributed by atoms with Gasteiger partial charge in [-0.05, 0) is 31.4 Å². The molecule has 2 amide bonds. The number of hydrogen-bond donors (Lipinski definition) is 2. The molecule has 3 atom stereocenters. The molecule has 1 saturated heterocycles. The van der Waals surface area contributed by atoms with Crippen molar-refractivity contribution in [3.8, 4) is 0 Å². The molecule has 0 bridgehead atoms. The lowest BCUT2D eigenvalue weighted by Gasteiger charge is -2.33. The number of carbonyl (C=O) groups excluding carboxylic acids is 2. The van der Waals surface area contributed by atoms with Crippen molar-refractivity contribution in [3.05, 3.63) is 29.8 Å². The summed E-state index contributed by atoms with van der Waals surface area (Å²) < 4.78 is 0. The summed E-state index contributed by atoms with van der Waals surface area (Å²) in [6.07, 6.45) is 1.47. The van der Waals surface area contributed by atoms with Crippen LogP contribution < -0.4 is 11.1 Å². The highest BCUT2D eigenvalue weighted by atomic mass is 16.2. The molecule has 2 aliphatic heterocycles. The zero-order valence-electron chi connectivity index (χ0n) is 12.2. The van der Waals surface area contributed by atoms with E-state index in [1.807, 2.05) is 24.3 Å². The third-order valence-corrected chi connectivity index (χ3v) is 4.53. The number of rotatable bonds is 2. The highest BCUT2D eigenvalue weighted by Gasteiger charge is 2.36. The van der Waals surface area contributed by atoms with Gasteiger partial charge in [-0.2, -0.15) is 0 Å². The molecule has 2 heterocycles. The number of nitrogens with zero attached hydrogens (tertiary/aromatic N) is 1. The molecule has 5 nitrogen and oxygen atoms in total. The highest BCUT2D eigenvalue weighted by Crippen LogP contribution is 2.36. The van der Waals surface area contributed by atoms with Crippen LogP contribution in [-0.2, 0) is 9.59 Å². The average Bonchev–Trinajstić information content (AvgIpc) is 2.95. The second kappa shape index (κ2) is 5.39. The smallest absolute Gasteiger partial charge is 0.230 e. The zero-order chi connectivity index (χ0) is 15.0. The molecule has 3 unspecified atom stereocenters. The Morgan fingerprint density at radius 3 is 2.81 bits per heavy atom. The standard InChI is InChI=1S/C16H21N3O2/c1-10-8-13(12-4-2-3-5-14(12)18-10)16(21)19-7-6-11(9-19)15(17)20/h2-5,10-11,13,18H,6-9H2,1H3,(H2,17,20). The molecule has 112 valence electrons. The van der Waals surface area contributed by atoms with Crippen molar-refractivity contribution in [2.75, 3.05) is 18.4 Å². The van der Waals surface area contributed by atoms with E-state index in [4.69, 9.17) is 5.73 Å². The van der Waals surface area contributed by atoms with E-state index in [2.05, 4.69) is 12.2 Å². The van der Waals surface area contributed by atoms with E-state index in [0.29, 0.717) is 19.5 Å². The Bertz CT molecular complexity index is 572. The van der Waals surface area contributed by atoms with Crippen LogP contribution in [-0.4, -0.2) is 35.8 Å². The maximum atomic E-state index is 12.8. The van der Waals surface area contributed by atoms with Gasteiger partial charge in [0.1, 0.15) is 0 Å². The summed E-state index contributed by atoms with van der Waals surface area (Å²) in [5, 5.41) is 3.42. The van der Waals surface area contributed by atoms with Gasteiger partial charge in [0.25, 0.3) is 0 Å². The molecule has 0 saturated carbocycles. The second-order valence-corrected chi connectivity index (χ2v) is 6.09. The number of primary amides is 1. The Kier molecular flexibility index (Phi) is 3.57. The molecule has 0 aliphatic carbocycles. The van der Waals surface area contributed by atoms with Crippen LogP contribution in [0.25, 0.3) is 0 Å². The largest absolute Gasteiger partial charge is 0.382 e. The number of anilines is 1. The van der Waals surface area contributed by atoms with Crippen molar-refractivity contribution in [2.45, 2.75) is 31.7 Å². The lowest BCUT2D eigenvalue weighted by molar-refractivity contribution is -0.132. The van der Waals surface area contributed by atoms with Crippen molar-refractivity contribution in [2.24, 2.45) is 11.7 Å². The molecule has 3 rings (SSSR count). The van der Waals surface area contributed by atoms with Crippen molar-refractivity contribution in [1.82, 2.24) is 4.90 Å². The first-order chi connectivity index (χ1) is 10.1. The van der Waals surface area contributed by atoms with Gasteiger partial charge >= 0.3 is 0 Å². The van der Waals surface area contributed by atoms with Crippen LogP contribution in [0.4, 0.5) is 5.69 Å². The molecule has 21 heavy (non-hydrogen) atoms. The van der Waals surface area contributed by atoms with Gasteiger partial charge < -0.3 is 16.0 Å². The quantitative estimate of drug-likeness (QED) is 0.861. The van der Waals surface area contributed by atoms with E-state index in [1.54, 1.807) is 4.90 Å². The number of amides is 2. The lowest BCUT2D eigenvalue weighted by atomic mass is 9.86. The SMILES string of the molecule is CC1CC(C(=O)N2CCC(C(N)=O)C2)c2ccccc2N1. The molecule has 1 fully saturated rings. The van der Waals surface area contributed by atoms with Gasteiger partial charge in [0.15, 0.2) is 0 Å². The zero-order valence-corrected chi connectivity index (χ0v) is 12.2. The summed E-state index contributed by atoms with van der Waals surface area (Å²) in [4.78, 5) is 25.9. The molecular formula is C16H21N3O2. The Labute approximate surface area is 124 Å². The van der Waals surface area contributed by atoms with E-state index in [1.165, 1.54) is 0 Å². The number of likely N-dealkylation sites (tertiary alicyclic amines) is 1. The number of benzene rings is 1. The van der Waals surface area contributed by atoms with Gasteiger partial charge in [-0.25, -0.2) is 0 Å². The van der Waals surface area contributed by atoms with Crippen LogP contribution in [0.3, 0.4) is 0 Å². The first kappa shape index (κ1) is 13.9. The number of nitrogens with one attached hydrogen (secondary N) is 1. The molecule has 3 N–H and O–H groups in total. The second-order valence-electron chi connectivity index (χ2n) is 6.09. The minimum absolute atomic E-state index is 0.121. The van der Waals surface area contributed by atoms with Crippen molar-refractivity contribution >= 4 is 17.5 Å². The van der Waals surface area contributed by atoms with Crippen LogP contribution >= 0.6 is 0 Å². The highest BCUT2D eigenvalue weighted by molar-refractivity contribution is 5.88. The van der Waals surface area contributed by atoms with Crippen molar-refractivity contribution < 1.29 is 9.59 Å². The van der Waals surface area contributed by atoms with Gasteiger partial charge in [-0.15, -0.1) is 0 Å². The number of fused-ring (bicyclic) bond motifs is 1. The minimum Gasteiger partial charge on any atom is -0.382 e. The first-order valence-electron chi connectivity index (χ1n) is 7.50. The van der Waals surface area contributed by atoms with E-state index < -0.39 is 0 Å². The maximum Gasteiger partial charge on any atom is 0.230 e. The van der Waals surface area contributed by atoms with Gasteiger partial charge in [0.2, 0.25) is 11.8 Å². The third-order valence-electron chi connectivity index (χ3n) is 4.53. The molecule has 1 aromatic rings. The predicted molar refractivity (Wildman–Crippen MR) is 80.8 cm³/mol. The molecule has 1 aromatic carbocycles. The molecular weight excluding hydrogens is 266 g/mol. The third kappa shape index (κ3) is 2.60. The van der Waals surface area contributed by atoms with Gasteiger partial charge in [0, 0.05) is 24.8 Å². The van der Waals surface area contributed by atoms with Gasteiger partial charge in [0.05, 0.1) is 11.8 Å². The number of carbonyl (C=O) groups is 2. The number of para-hydroxylation sites is 1. The Morgan fingerprint density at radius 2 is 2.10 bits per heavy atom. The van der Waals surface area contributed by atoms with Crippen molar-refractivity contribution in [1.29, 1.82) is 0 Å². The molecule has 0 aromatic heterocycles. The van der Waals surface area contributed by atoms with E-state index in [0.717, 1.165) is 17.7 Å². The van der Waals surface area contributed by atoms with Gasteiger partial charge in [-0.3, -0.25) is 9.59 Å². The summed E-state index contributed by atoms with van der Waals surface area (Å²) in [6.45, 7) is 3.19. The monoisotopic (exact) mass is 287 g/mol. The Morgan fingerprint density at radius 1 is 1.33 bits per heavy atom. The first-order valence-corrected chi connectivity index (χ1v) is 7.50. The van der Waals surface area contributed by atoms with Gasteiger partial charge in [-0.1, -0.05) is 18.2 Å². The lowest BCUT2D eigenvalue weighted by Crippen LogP contribution is -2.38. The fourth-order valence-electron chi connectivity index (χ4n) is 3.38.